The third-order valence-corrected chi connectivity index (χ3v) is 7.23. The second-order valence-corrected chi connectivity index (χ2v) is 10.2. The minimum Gasteiger partial charge on any atom is -0.497 e. The van der Waals surface area contributed by atoms with E-state index in [1.54, 1.807) is 80.9 Å². The molecule has 0 unspecified atom stereocenters. The van der Waals surface area contributed by atoms with Gasteiger partial charge in [0.1, 0.15) is 11.5 Å². The van der Waals surface area contributed by atoms with E-state index in [-0.39, 0.29) is 5.95 Å². The number of hydrogen-bond donors (Lipinski definition) is 2. The van der Waals surface area contributed by atoms with Crippen LogP contribution in [0.4, 0.5) is 5.95 Å². The summed E-state index contributed by atoms with van der Waals surface area (Å²) in [5.74, 6) is 1.04. The van der Waals surface area contributed by atoms with Crippen molar-refractivity contribution in [2.75, 3.05) is 18.9 Å². The molecule has 2 heterocycles. The number of halogens is 1. The zero-order valence-electron chi connectivity index (χ0n) is 20.6. The Labute approximate surface area is 227 Å². The minimum atomic E-state index is -4.53. The highest BCUT2D eigenvalue weighted by molar-refractivity contribution is 7.92. The number of anilines is 1. The molecule has 39 heavy (non-hydrogen) atoms. The number of methoxy groups -OCH3 is 2. The van der Waals surface area contributed by atoms with Crippen molar-refractivity contribution >= 4 is 27.6 Å². The molecule has 0 saturated heterocycles. The van der Waals surface area contributed by atoms with Gasteiger partial charge in [0.2, 0.25) is 11.6 Å². The van der Waals surface area contributed by atoms with Crippen LogP contribution in [0.3, 0.4) is 0 Å². The van der Waals surface area contributed by atoms with Gasteiger partial charge in [-0.3, -0.25) is 4.52 Å². The van der Waals surface area contributed by atoms with Crippen LogP contribution in [-0.4, -0.2) is 37.9 Å². The van der Waals surface area contributed by atoms with E-state index in [4.69, 9.17) is 25.6 Å². The molecule has 0 bridgehead atoms. The van der Waals surface area contributed by atoms with Crippen molar-refractivity contribution in [2.24, 2.45) is 0 Å². The van der Waals surface area contributed by atoms with Crippen LogP contribution in [0.25, 0.3) is 28.2 Å². The van der Waals surface area contributed by atoms with Crippen LogP contribution in [0.2, 0.25) is 5.02 Å². The lowest BCUT2D eigenvalue weighted by molar-refractivity contribution is -0.705. The number of ether oxygens (including phenoxy) is 2. The van der Waals surface area contributed by atoms with Crippen molar-refractivity contribution in [2.45, 2.75) is 5.03 Å². The van der Waals surface area contributed by atoms with E-state index in [2.05, 4.69) is 20.0 Å². The van der Waals surface area contributed by atoms with Gasteiger partial charge in [0.15, 0.2) is 0 Å². The minimum absolute atomic E-state index is 0.252. The molecular weight excluding hydrogens is 546 g/mol. The second-order valence-electron chi connectivity index (χ2n) is 8.12. The fourth-order valence-electron chi connectivity index (χ4n) is 3.73. The van der Waals surface area contributed by atoms with E-state index < -0.39 is 20.7 Å². The van der Waals surface area contributed by atoms with Crippen molar-refractivity contribution < 1.29 is 27.1 Å². The summed E-state index contributed by atoms with van der Waals surface area (Å²) >= 11 is 5.94. The van der Waals surface area contributed by atoms with Crippen LogP contribution in [-0.2, 0) is 10.0 Å². The number of nitrogens with one attached hydrogen (secondary N) is 2. The lowest BCUT2D eigenvalue weighted by Gasteiger charge is -2.10. The summed E-state index contributed by atoms with van der Waals surface area (Å²) in [4.78, 5) is 21.3. The smallest absolute Gasteiger partial charge is 0.449 e. The average molecular weight is 567 g/mol. The predicted molar refractivity (Wildman–Crippen MR) is 143 cm³/mol. The van der Waals surface area contributed by atoms with Gasteiger partial charge in [-0.2, -0.15) is 8.42 Å². The monoisotopic (exact) mass is 566 g/mol. The summed E-state index contributed by atoms with van der Waals surface area (Å²) in [6, 6.07) is 22.0. The van der Waals surface area contributed by atoms with Gasteiger partial charge in [0.05, 0.1) is 25.6 Å². The van der Waals surface area contributed by atoms with Crippen LogP contribution in [0.5, 0.6) is 11.5 Å². The molecule has 0 atom stereocenters. The summed E-state index contributed by atoms with van der Waals surface area (Å²) < 4.78 is 45.5. The lowest BCUT2D eigenvalue weighted by atomic mass is 10.1. The van der Waals surface area contributed by atoms with E-state index in [9.17, 15) is 13.2 Å². The van der Waals surface area contributed by atoms with Gasteiger partial charge in [-0.25, -0.2) is 19.5 Å². The topological polar surface area (TPSA) is 140 Å². The number of aromatic amines is 1. The number of hydrogen-bond acceptors (Lipinski definition) is 8. The standard InChI is InChI=1S/C26H20ClN5O6S/c1-36-20-11-3-16(4-12-20)22-15-23(17-5-13-21(37-2)14-6-17)29-26(28-22)30-39(34,35)24-25(33)38-31-32(24)19-9-7-18(27)8-10-19/h3-15H,1-2H3,(H-,28,29,30,31,33)/p+1. The molecule has 0 aliphatic carbocycles. The molecule has 0 aliphatic heterocycles. The summed E-state index contributed by atoms with van der Waals surface area (Å²) in [5.41, 5.74) is 1.43. The van der Waals surface area contributed by atoms with Gasteiger partial charge in [0, 0.05) is 28.3 Å². The molecule has 0 spiro atoms. The van der Waals surface area contributed by atoms with Gasteiger partial charge in [-0.05, 0) is 76.7 Å². The Morgan fingerprint density at radius 1 is 0.846 bits per heavy atom. The van der Waals surface area contributed by atoms with Gasteiger partial charge in [0.25, 0.3) is 0 Å². The maximum absolute atomic E-state index is 13.5. The Hall–Kier alpha value is -4.68. The first-order valence-corrected chi connectivity index (χ1v) is 13.2. The molecule has 2 N–H and O–H groups in total. The van der Waals surface area contributed by atoms with Crippen LogP contribution in [0, 0.1) is 0 Å². The zero-order chi connectivity index (χ0) is 27.6. The highest BCUT2D eigenvalue weighted by Gasteiger charge is 2.37. The number of rotatable bonds is 8. The number of H-pyrrole nitrogens is 1. The Morgan fingerprint density at radius 3 is 1.85 bits per heavy atom. The van der Waals surface area contributed by atoms with Crippen molar-refractivity contribution in [3.63, 3.8) is 0 Å². The maximum atomic E-state index is 13.5. The van der Waals surface area contributed by atoms with Crippen molar-refractivity contribution in [3.05, 3.63) is 94.3 Å². The number of benzene rings is 3. The Balaban J connectivity index is 1.60. The molecule has 13 heteroatoms. The maximum Gasteiger partial charge on any atom is 0.449 e. The van der Waals surface area contributed by atoms with Crippen LogP contribution >= 0.6 is 11.6 Å². The van der Waals surface area contributed by atoms with E-state index in [0.717, 1.165) is 4.68 Å². The summed E-state index contributed by atoms with van der Waals surface area (Å²) in [6.45, 7) is 0. The summed E-state index contributed by atoms with van der Waals surface area (Å²) in [7, 11) is -1.42. The van der Waals surface area contributed by atoms with Gasteiger partial charge in [-0.1, -0.05) is 11.6 Å². The van der Waals surface area contributed by atoms with Gasteiger partial charge < -0.3 is 9.47 Å². The number of sulfonamides is 1. The van der Waals surface area contributed by atoms with E-state index in [1.807, 2.05) is 0 Å². The first-order chi connectivity index (χ1) is 18.8. The van der Waals surface area contributed by atoms with Crippen LogP contribution < -0.4 is 24.5 Å². The van der Waals surface area contributed by atoms with E-state index in [0.29, 0.717) is 44.7 Å². The molecule has 0 amide bonds. The fraction of sp³-hybridized carbons (Fsp3) is 0.0769. The molecule has 0 radical (unpaired) electrons. The molecule has 0 saturated carbocycles. The van der Waals surface area contributed by atoms with Crippen LogP contribution in [0.15, 0.2) is 93.2 Å². The molecule has 198 valence electrons. The van der Waals surface area contributed by atoms with E-state index >= 15 is 0 Å². The molecule has 0 fully saturated rings. The first-order valence-electron chi connectivity index (χ1n) is 11.4. The Morgan fingerprint density at radius 2 is 1.36 bits per heavy atom. The molecule has 11 nitrogen and oxygen atoms in total. The van der Waals surface area contributed by atoms with Crippen molar-refractivity contribution in [1.82, 2.24) is 15.2 Å². The Bertz CT molecular complexity index is 1720. The lowest BCUT2D eigenvalue weighted by Crippen LogP contribution is -2.42. The highest BCUT2D eigenvalue weighted by atomic mass is 35.5. The predicted octanol–water partition coefficient (Wildman–Crippen LogP) is 3.84. The summed E-state index contributed by atoms with van der Waals surface area (Å²) in [6.07, 6.45) is 0. The quantitative estimate of drug-likeness (QED) is 0.270. The highest BCUT2D eigenvalue weighted by Crippen LogP contribution is 2.28. The van der Waals surface area contributed by atoms with Crippen molar-refractivity contribution in [3.8, 4) is 39.7 Å². The number of nitrogens with zero attached hydrogens (tertiary/aromatic N) is 3. The average Bonchev–Trinajstić information content (AvgIpc) is 3.35. The van der Waals surface area contributed by atoms with Crippen LogP contribution in [0.1, 0.15) is 0 Å². The molecule has 5 aromatic rings. The molecule has 2 aromatic heterocycles. The second kappa shape index (κ2) is 10.6. The van der Waals surface area contributed by atoms with Crippen molar-refractivity contribution in [1.29, 1.82) is 0 Å². The van der Waals surface area contributed by atoms with Gasteiger partial charge >= 0.3 is 20.7 Å². The fourth-order valence-corrected chi connectivity index (χ4v) is 4.93. The summed E-state index contributed by atoms with van der Waals surface area (Å²) in [5, 5.41) is 2.03. The number of aromatic nitrogens is 4. The Kier molecular flexibility index (Phi) is 7.05. The zero-order valence-corrected chi connectivity index (χ0v) is 22.2. The third kappa shape index (κ3) is 5.47. The largest absolute Gasteiger partial charge is 0.497 e. The molecule has 5 rings (SSSR count). The SMILES string of the molecule is COc1ccc(-c2cc(-c3ccc(OC)cc3)nc(NS(=O)(=O)c3c(=O)o[nH][n+]3-c3ccc(Cl)cc3)n2)cc1. The molecule has 0 aliphatic rings. The normalized spacial score (nSPS) is 11.3. The molecule has 3 aromatic carbocycles. The third-order valence-electron chi connectivity index (χ3n) is 5.67. The molecular formula is C26H21ClN5O6S+. The van der Waals surface area contributed by atoms with Gasteiger partial charge in [-0.15, -0.1) is 0 Å². The first kappa shape index (κ1) is 25.9. The van der Waals surface area contributed by atoms with E-state index in [1.165, 1.54) is 12.1 Å².